The minimum absolute atomic E-state index is 0.0969. The Balaban J connectivity index is 2.11. The van der Waals surface area contributed by atoms with Gasteiger partial charge in [0.25, 0.3) is 5.91 Å². The summed E-state index contributed by atoms with van der Waals surface area (Å²) in [6.07, 6.45) is 0.140. The minimum atomic E-state index is 0.0969. The van der Waals surface area contributed by atoms with Crippen LogP contribution in [0.25, 0.3) is 0 Å². The fourth-order valence-electron chi connectivity index (χ4n) is 2.83. The van der Waals surface area contributed by atoms with Crippen LogP contribution >= 0.6 is 0 Å². The molecule has 134 valence electrons. The van der Waals surface area contributed by atoms with Gasteiger partial charge < -0.3 is 19.3 Å². The largest absolute Gasteiger partial charge is 0.494 e. The minimum Gasteiger partial charge on any atom is -0.494 e. The first kappa shape index (κ1) is 18.7. The summed E-state index contributed by atoms with van der Waals surface area (Å²) in [5.41, 5.74) is 1.65. The van der Waals surface area contributed by atoms with Gasteiger partial charge in [0.05, 0.1) is 19.3 Å². The highest BCUT2D eigenvalue weighted by molar-refractivity contribution is 5.94. The smallest absolute Gasteiger partial charge is 0.253 e. The molecular formula is C19H30N2O3. The van der Waals surface area contributed by atoms with Crippen LogP contribution in [-0.2, 0) is 11.3 Å². The Hall–Kier alpha value is -1.59. The molecule has 0 radical (unpaired) electrons. The standard InChI is InChI=1S/C19H30N2O3/c1-5-20-9-11-21(12-10-20)19(22)16-7-8-18(23-6-2)17(13-16)14-24-15(3)4/h7-8,13,15H,5-6,9-12,14H2,1-4H3. The van der Waals surface area contributed by atoms with E-state index in [9.17, 15) is 4.79 Å². The SMILES string of the molecule is CCOc1ccc(C(=O)N2CCN(CC)CC2)cc1COC(C)C. The van der Waals surface area contributed by atoms with E-state index in [1.807, 2.05) is 43.9 Å². The van der Waals surface area contributed by atoms with Crippen LogP contribution in [0.4, 0.5) is 0 Å². The first-order valence-electron chi connectivity index (χ1n) is 8.94. The zero-order valence-corrected chi connectivity index (χ0v) is 15.4. The van der Waals surface area contributed by atoms with E-state index < -0.39 is 0 Å². The molecule has 1 aliphatic rings. The summed E-state index contributed by atoms with van der Waals surface area (Å²) in [5, 5.41) is 0. The monoisotopic (exact) mass is 334 g/mol. The molecule has 1 aromatic carbocycles. The van der Waals surface area contributed by atoms with Crippen molar-refractivity contribution in [2.75, 3.05) is 39.3 Å². The molecule has 1 saturated heterocycles. The second-order valence-corrected chi connectivity index (χ2v) is 6.34. The van der Waals surface area contributed by atoms with Gasteiger partial charge in [-0.15, -0.1) is 0 Å². The second kappa shape index (κ2) is 9.04. The molecule has 1 fully saturated rings. The van der Waals surface area contributed by atoms with E-state index in [1.165, 1.54) is 0 Å². The molecule has 0 atom stereocenters. The van der Waals surface area contributed by atoms with Crippen molar-refractivity contribution in [1.82, 2.24) is 9.80 Å². The van der Waals surface area contributed by atoms with Gasteiger partial charge in [0.15, 0.2) is 0 Å². The highest BCUT2D eigenvalue weighted by Crippen LogP contribution is 2.23. The molecule has 0 spiro atoms. The van der Waals surface area contributed by atoms with Crippen molar-refractivity contribution < 1.29 is 14.3 Å². The molecule has 1 aromatic rings. The van der Waals surface area contributed by atoms with E-state index >= 15 is 0 Å². The summed E-state index contributed by atoms with van der Waals surface area (Å²) in [4.78, 5) is 17.1. The number of carbonyl (C=O) groups excluding carboxylic acids is 1. The van der Waals surface area contributed by atoms with Gasteiger partial charge in [-0.25, -0.2) is 0 Å². The maximum atomic E-state index is 12.8. The van der Waals surface area contributed by atoms with E-state index in [-0.39, 0.29) is 12.0 Å². The van der Waals surface area contributed by atoms with Gasteiger partial charge in [-0.05, 0) is 45.5 Å². The quantitative estimate of drug-likeness (QED) is 0.769. The predicted molar refractivity (Wildman–Crippen MR) is 95.6 cm³/mol. The van der Waals surface area contributed by atoms with Crippen LogP contribution in [0.3, 0.4) is 0 Å². The van der Waals surface area contributed by atoms with Gasteiger partial charge in [0.2, 0.25) is 0 Å². The molecule has 1 amide bonds. The first-order chi connectivity index (χ1) is 11.5. The number of piperazine rings is 1. The molecule has 1 heterocycles. The van der Waals surface area contributed by atoms with Crippen LogP contribution in [0.1, 0.15) is 43.6 Å². The molecule has 5 heteroatoms. The third kappa shape index (κ3) is 4.95. The highest BCUT2D eigenvalue weighted by Gasteiger charge is 2.22. The molecule has 0 bridgehead atoms. The van der Waals surface area contributed by atoms with Crippen molar-refractivity contribution in [3.8, 4) is 5.75 Å². The third-order valence-corrected chi connectivity index (χ3v) is 4.29. The summed E-state index contributed by atoms with van der Waals surface area (Å²) in [5.74, 6) is 0.894. The Kier molecular flexibility index (Phi) is 7.06. The number of hydrogen-bond acceptors (Lipinski definition) is 4. The summed E-state index contributed by atoms with van der Waals surface area (Å²) in [6, 6.07) is 5.67. The molecule has 0 saturated carbocycles. The zero-order chi connectivity index (χ0) is 17.5. The topological polar surface area (TPSA) is 42.0 Å². The summed E-state index contributed by atoms with van der Waals surface area (Å²) >= 11 is 0. The Morgan fingerprint density at radius 2 is 1.88 bits per heavy atom. The molecule has 0 unspecified atom stereocenters. The second-order valence-electron chi connectivity index (χ2n) is 6.34. The van der Waals surface area contributed by atoms with Crippen LogP contribution in [0.2, 0.25) is 0 Å². The van der Waals surface area contributed by atoms with Crippen LogP contribution in [0, 0.1) is 0 Å². The molecule has 0 N–H and O–H groups in total. The summed E-state index contributed by atoms with van der Waals surface area (Å²) in [6.45, 7) is 13.7. The average Bonchev–Trinajstić information content (AvgIpc) is 2.60. The van der Waals surface area contributed by atoms with E-state index in [1.54, 1.807) is 0 Å². The van der Waals surface area contributed by atoms with Crippen LogP contribution in [0.15, 0.2) is 18.2 Å². The third-order valence-electron chi connectivity index (χ3n) is 4.29. The Morgan fingerprint density at radius 3 is 2.46 bits per heavy atom. The van der Waals surface area contributed by atoms with E-state index in [0.717, 1.165) is 44.0 Å². The predicted octanol–water partition coefficient (Wildman–Crippen LogP) is 2.79. The lowest BCUT2D eigenvalue weighted by Crippen LogP contribution is -2.48. The summed E-state index contributed by atoms with van der Waals surface area (Å²) < 4.78 is 11.4. The molecular weight excluding hydrogens is 304 g/mol. The zero-order valence-electron chi connectivity index (χ0n) is 15.4. The van der Waals surface area contributed by atoms with E-state index in [4.69, 9.17) is 9.47 Å². The van der Waals surface area contributed by atoms with E-state index in [0.29, 0.717) is 18.8 Å². The molecule has 1 aliphatic heterocycles. The number of nitrogens with zero attached hydrogens (tertiary/aromatic N) is 2. The molecule has 0 aromatic heterocycles. The van der Waals surface area contributed by atoms with Gasteiger partial charge in [0.1, 0.15) is 5.75 Å². The number of hydrogen-bond donors (Lipinski definition) is 0. The average molecular weight is 334 g/mol. The molecule has 0 aliphatic carbocycles. The number of benzene rings is 1. The van der Waals surface area contributed by atoms with Gasteiger partial charge >= 0.3 is 0 Å². The fraction of sp³-hybridized carbons (Fsp3) is 0.632. The molecule has 5 nitrogen and oxygen atoms in total. The number of likely N-dealkylation sites (N-methyl/N-ethyl adjacent to an activating group) is 1. The van der Waals surface area contributed by atoms with Crippen molar-refractivity contribution in [3.63, 3.8) is 0 Å². The van der Waals surface area contributed by atoms with Crippen LogP contribution in [0.5, 0.6) is 5.75 Å². The number of amides is 1. The normalized spacial score (nSPS) is 15.8. The lowest BCUT2D eigenvalue weighted by atomic mass is 10.1. The Morgan fingerprint density at radius 1 is 1.17 bits per heavy atom. The van der Waals surface area contributed by atoms with E-state index in [2.05, 4.69) is 11.8 Å². The van der Waals surface area contributed by atoms with Crippen molar-refractivity contribution >= 4 is 5.91 Å². The van der Waals surface area contributed by atoms with Crippen molar-refractivity contribution in [2.45, 2.75) is 40.4 Å². The number of carbonyl (C=O) groups is 1. The number of ether oxygens (including phenoxy) is 2. The van der Waals surface area contributed by atoms with Crippen molar-refractivity contribution in [1.29, 1.82) is 0 Å². The lowest BCUT2D eigenvalue weighted by molar-refractivity contribution is 0.0627. The first-order valence-corrected chi connectivity index (χ1v) is 8.94. The Labute approximate surface area is 145 Å². The van der Waals surface area contributed by atoms with Crippen molar-refractivity contribution in [2.24, 2.45) is 0 Å². The lowest BCUT2D eigenvalue weighted by Gasteiger charge is -2.34. The summed E-state index contributed by atoms with van der Waals surface area (Å²) in [7, 11) is 0. The molecule has 2 rings (SSSR count). The van der Waals surface area contributed by atoms with Crippen LogP contribution < -0.4 is 4.74 Å². The van der Waals surface area contributed by atoms with Crippen molar-refractivity contribution in [3.05, 3.63) is 29.3 Å². The maximum absolute atomic E-state index is 12.8. The Bertz CT molecular complexity index is 537. The highest BCUT2D eigenvalue weighted by atomic mass is 16.5. The maximum Gasteiger partial charge on any atom is 0.253 e. The van der Waals surface area contributed by atoms with Gasteiger partial charge in [0, 0.05) is 37.3 Å². The van der Waals surface area contributed by atoms with Gasteiger partial charge in [-0.3, -0.25) is 4.79 Å². The van der Waals surface area contributed by atoms with Gasteiger partial charge in [-0.2, -0.15) is 0 Å². The molecule has 24 heavy (non-hydrogen) atoms. The van der Waals surface area contributed by atoms with Gasteiger partial charge in [-0.1, -0.05) is 6.92 Å². The number of rotatable bonds is 7. The fourth-order valence-corrected chi connectivity index (χ4v) is 2.83. The van der Waals surface area contributed by atoms with Crippen LogP contribution in [-0.4, -0.2) is 61.1 Å².